The van der Waals surface area contributed by atoms with Gasteiger partial charge in [0.05, 0.1) is 11.9 Å². The van der Waals surface area contributed by atoms with Crippen LogP contribution in [-0.4, -0.2) is 31.5 Å². The Kier molecular flexibility index (Phi) is 4.47. The summed E-state index contributed by atoms with van der Waals surface area (Å²) in [5, 5.41) is 0. The number of pyridine rings is 2. The molecule has 0 amide bonds. The lowest BCUT2D eigenvalue weighted by Gasteiger charge is -2.29. The smallest absolute Gasteiger partial charge is 0.263 e. The van der Waals surface area contributed by atoms with Gasteiger partial charge in [-0.25, -0.2) is 13.4 Å². The van der Waals surface area contributed by atoms with Crippen LogP contribution < -0.4 is 9.62 Å². The first kappa shape index (κ1) is 15.7. The Hall–Kier alpha value is -2.15. The molecule has 3 heterocycles. The zero-order valence-corrected chi connectivity index (χ0v) is 13.9. The Morgan fingerprint density at radius 3 is 2.61 bits per heavy atom. The molecule has 0 unspecified atom stereocenters. The Morgan fingerprint density at radius 2 is 1.96 bits per heavy atom. The highest BCUT2D eigenvalue weighted by Gasteiger charge is 2.17. The van der Waals surface area contributed by atoms with E-state index in [0.717, 1.165) is 24.5 Å². The minimum atomic E-state index is -3.63. The molecule has 1 fully saturated rings. The molecule has 7 heteroatoms. The van der Waals surface area contributed by atoms with E-state index in [2.05, 4.69) is 19.6 Å². The summed E-state index contributed by atoms with van der Waals surface area (Å²) in [5.74, 6) is 0.939. The number of rotatable bonds is 4. The van der Waals surface area contributed by atoms with Crippen molar-refractivity contribution in [3.63, 3.8) is 0 Å². The van der Waals surface area contributed by atoms with Crippen LogP contribution in [0.25, 0.3) is 0 Å². The fourth-order valence-corrected chi connectivity index (χ4v) is 3.78. The lowest BCUT2D eigenvalue weighted by atomic mass is 10.1. The third-order valence-electron chi connectivity index (χ3n) is 3.90. The molecular formula is C16H20N4O2S. The zero-order chi connectivity index (χ0) is 16.3. The van der Waals surface area contributed by atoms with Crippen LogP contribution in [0.15, 0.2) is 41.7 Å². The van der Waals surface area contributed by atoms with Gasteiger partial charge >= 0.3 is 0 Å². The summed E-state index contributed by atoms with van der Waals surface area (Å²) >= 11 is 0. The van der Waals surface area contributed by atoms with Crippen LogP contribution in [0.2, 0.25) is 0 Å². The van der Waals surface area contributed by atoms with Gasteiger partial charge in [-0.1, -0.05) is 0 Å². The molecule has 0 radical (unpaired) electrons. The van der Waals surface area contributed by atoms with Gasteiger partial charge in [-0.15, -0.1) is 0 Å². The second kappa shape index (κ2) is 6.54. The lowest BCUT2D eigenvalue weighted by Crippen LogP contribution is -2.30. The monoisotopic (exact) mass is 332 g/mol. The number of aromatic nitrogens is 2. The molecule has 0 spiro atoms. The van der Waals surface area contributed by atoms with E-state index in [1.54, 1.807) is 12.3 Å². The predicted octanol–water partition coefficient (Wildman–Crippen LogP) is 2.58. The standard InChI is InChI=1S/C16H20N4O2S/c1-13-10-14(11-18-16(13)20-8-3-2-4-9-20)19-23(21,22)15-6-5-7-17-12-15/h5-7,10-12,19H,2-4,8-9H2,1H3. The van der Waals surface area contributed by atoms with Crippen molar-refractivity contribution in [2.45, 2.75) is 31.1 Å². The molecule has 6 nitrogen and oxygen atoms in total. The summed E-state index contributed by atoms with van der Waals surface area (Å²) in [6.07, 6.45) is 8.05. The van der Waals surface area contributed by atoms with Crippen LogP contribution in [0.3, 0.4) is 0 Å². The lowest BCUT2D eigenvalue weighted by molar-refractivity contribution is 0.572. The maximum absolute atomic E-state index is 12.3. The maximum Gasteiger partial charge on any atom is 0.263 e. The van der Waals surface area contributed by atoms with Gasteiger partial charge in [0, 0.05) is 25.5 Å². The number of piperidine rings is 1. The third-order valence-corrected chi connectivity index (χ3v) is 5.27. The fraction of sp³-hybridized carbons (Fsp3) is 0.375. The van der Waals surface area contributed by atoms with E-state index in [9.17, 15) is 8.42 Å². The van der Waals surface area contributed by atoms with Gasteiger partial charge in [0.2, 0.25) is 0 Å². The third kappa shape index (κ3) is 3.61. The number of nitrogens with zero attached hydrogens (tertiary/aromatic N) is 3. The Balaban J connectivity index is 1.80. The first-order chi connectivity index (χ1) is 11.1. The summed E-state index contributed by atoms with van der Waals surface area (Å²) in [5.41, 5.74) is 1.44. The molecular weight excluding hydrogens is 312 g/mol. The first-order valence-corrected chi connectivity index (χ1v) is 9.19. The molecule has 122 valence electrons. The molecule has 1 N–H and O–H groups in total. The van der Waals surface area contributed by atoms with E-state index in [0.29, 0.717) is 5.69 Å². The van der Waals surface area contributed by atoms with Gasteiger partial charge in [0.1, 0.15) is 10.7 Å². The van der Waals surface area contributed by atoms with E-state index in [1.165, 1.54) is 37.7 Å². The van der Waals surface area contributed by atoms with Crippen molar-refractivity contribution in [2.24, 2.45) is 0 Å². The van der Waals surface area contributed by atoms with Crippen LogP contribution in [0.1, 0.15) is 24.8 Å². The predicted molar refractivity (Wildman–Crippen MR) is 90.1 cm³/mol. The molecule has 3 rings (SSSR count). The number of hydrogen-bond donors (Lipinski definition) is 1. The SMILES string of the molecule is Cc1cc(NS(=O)(=O)c2cccnc2)cnc1N1CCCCC1. The number of sulfonamides is 1. The van der Waals surface area contributed by atoms with Crippen LogP contribution in [0.4, 0.5) is 11.5 Å². The van der Waals surface area contributed by atoms with Gasteiger partial charge < -0.3 is 4.90 Å². The Bertz CT molecular complexity index is 772. The normalized spacial score (nSPS) is 15.4. The number of anilines is 2. The van der Waals surface area contributed by atoms with E-state index in [-0.39, 0.29) is 4.90 Å². The van der Waals surface area contributed by atoms with Gasteiger partial charge in [0.15, 0.2) is 0 Å². The highest BCUT2D eigenvalue weighted by atomic mass is 32.2. The van der Waals surface area contributed by atoms with Crippen molar-refractivity contribution < 1.29 is 8.42 Å². The largest absolute Gasteiger partial charge is 0.356 e. The average Bonchev–Trinajstić information content (AvgIpc) is 2.56. The molecule has 1 saturated heterocycles. The Labute approximate surface area is 136 Å². The minimum absolute atomic E-state index is 0.137. The number of hydrogen-bond acceptors (Lipinski definition) is 5. The summed E-state index contributed by atoms with van der Waals surface area (Å²) in [6.45, 7) is 3.97. The van der Waals surface area contributed by atoms with Crippen LogP contribution in [0.5, 0.6) is 0 Å². The van der Waals surface area contributed by atoms with Crippen molar-refractivity contribution in [1.29, 1.82) is 0 Å². The first-order valence-electron chi connectivity index (χ1n) is 7.71. The van der Waals surface area contributed by atoms with E-state index < -0.39 is 10.0 Å². The van der Waals surface area contributed by atoms with E-state index in [1.807, 2.05) is 13.0 Å². The van der Waals surface area contributed by atoms with Crippen molar-refractivity contribution in [1.82, 2.24) is 9.97 Å². The highest BCUT2D eigenvalue weighted by Crippen LogP contribution is 2.24. The molecule has 0 bridgehead atoms. The Morgan fingerprint density at radius 1 is 1.17 bits per heavy atom. The van der Waals surface area contributed by atoms with Crippen molar-refractivity contribution >= 4 is 21.5 Å². The summed E-state index contributed by atoms with van der Waals surface area (Å²) in [7, 11) is -3.63. The molecule has 1 aliphatic heterocycles. The van der Waals surface area contributed by atoms with Gasteiger partial charge in [-0.3, -0.25) is 9.71 Å². The number of nitrogens with one attached hydrogen (secondary N) is 1. The van der Waals surface area contributed by atoms with Crippen molar-refractivity contribution in [3.8, 4) is 0 Å². The van der Waals surface area contributed by atoms with E-state index in [4.69, 9.17) is 0 Å². The molecule has 2 aromatic heterocycles. The molecule has 0 aromatic carbocycles. The molecule has 23 heavy (non-hydrogen) atoms. The number of aryl methyl sites for hydroxylation is 1. The van der Waals surface area contributed by atoms with Gasteiger partial charge in [0.25, 0.3) is 10.0 Å². The quantitative estimate of drug-likeness (QED) is 0.931. The molecule has 1 aliphatic rings. The second-order valence-electron chi connectivity index (χ2n) is 5.71. The maximum atomic E-state index is 12.3. The van der Waals surface area contributed by atoms with Crippen LogP contribution >= 0.6 is 0 Å². The second-order valence-corrected chi connectivity index (χ2v) is 7.39. The molecule has 2 aromatic rings. The molecule has 0 aliphatic carbocycles. The van der Waals surface area contributed by atoms with Crippen molar-refractivity contribution in [2.75, 3.05) is 22.7 Å². The summed E-state index contributed by atoms with van der Waals surface area (Å²) in [6, 6.07) is 4.93. The van der Waals surface area contributed by atoms with Crippen LogP contribution in [-0.2, 0) is 10.0 Å². The topological polar surface area (TPSA) is 75.2 Å². The van der Waals surface area contributed by atoms with Gasteiger partial charge in [-0.05, 0) is 49.9 Å². The zero-order valence-electron chi connectivity index (χ0n) is 13.1. The van der Waals surface area contributed by atoms with E-state index >= 15 is 0 Å². The molecule has 0 atom stereocenters. The average molecular weight is 332 g/mol. The fourth-order valence-electron chi connectivity index (χ4n) is 2.78. The van der Waals surface area contributed by atoms with Gasteiger partial charge in [-0.2, -0.15) is 0 Å². The van der Waals surface area contributed by atoms with Crippen molar-refractivity contribution in [3.05, 3.63) is 42.4 Å². The van der Waals surface area contributed by atoms with Crippen LogP contribution in [0, 0.1) is 6.92 Å². The highest BCUT2D eigenvalue weighted by molar-refractivity contribution is 7.92. The molecule has 0 saturated carbocycles. The minimum Gasteiger partial charge on any atom is -0.356 e. The summed E-state index contributed by atoms with van der Waals surface area (Å²) < 4.78 is 27.2. The summed E-state index contributed by atoms with van der Waals surface area (Å²) in [4.78, 5) is 10.7.